The molecule has 0 spiro atoms. The third kappa shape index (κ3) is 14.3. The van der Waals surface area contributed by atoms with Crippen LogP contribution < -0.4 is 30.7 Å². The number of imide groups is 2. The quantitative estimate of drug-likeness (QED) is 0.102. The van der Waals surface area contributed by atoms with Crippen LogP contribution in [0.4, 0.5) is 82.4 Å². The summed E-state index contributed by atoms with van der Waals surface area (Å²) >= 11 is 11.4. The molecule has 0 saturated carbocycles. The zero-order valence-electron chi connectivity index (χ0n) is 31.1. The van der Waals surface area contributed by atoms with Gasteiger partial charge < -0.3 is 20.1 Å². The number of hydrogen-bond donors (Lipinski definition) is 4. The minimum absolute atomic E-state index is 0.162. The number of ether oxygens (including phenoxy) is 3. The van der Waals surface area contributed by atoms with E-state index in [9.17, 15) is 80.6 Å². The molecule has 6 amide bonds. The lowest BCUT2D eigenvalue weighted by atomic mass is 10.2. The van der Waals surface area contributed by atoms with E-state index in [1.165, 1.54) is 0 Å². The molecule has 27 heteroatoms. The fraction of sp³-hybridized carbons (Fsp3) is 0.105. The number of benzene rings is 5. The van der Waals surface area contributed by atoms with E-state index in [2.05, 4.69) is 9.47 Å². The van der Waals surface area contributed by atoms with Crippen LogP contribution in [0.5, 0.6) is 17.2 Å². The van der Waals surface area contributed by atoms with Crippen LogP contribution in [0.2, 0.25) is 10.0 Å². The van der Waals surface area contributed by atoms with Crippen molar-refractivity contribution < 1.29 is 94.9 Å². The van der Waals surface area contributed by atoms with Crippen molar-refractivity contribution in [2.45, 2.75) is 25.0 Å². The molecule has 5 aromatic rings. The van der Waals surface area contributed by atoms with Gasteiger partial charge in [-0.05, 0) is 72.8 Å². The van der Waals surface area contributed by atoms with Gasteiger partial charge >= 0.3 is 37.1 Å². The van der Waals surface area contributed by atoms with E-state index in [4.69, 9.17) is 27.9 Å². The Balaban J connectivity index is 0.000000285. The number of hydrogen-bond acceptors (Lipinski definition) is 7. The Morgan fingerprint density at radius 3 is 1.52 bits per heavy atom. The first-order chi connectivity index (χ1) is 30.1. The molecule has 11 nitrogen and oxygen atoms in total. The summed E-state index contributed by atoms with van der Waals surface area (Å²) in [6.45, 7) is 0. The van der Waals surface area contributed by atoms with Gasteiger partial charge in [-0.1, -0.05) is 35.3 Å². The molecule has 0 aliphatic rings. The van der Waals surface area contributed by atoms with E-state index in [0.29, 0.717) is 12.1 Å². The van der Waals surface area contributed by atoms with Crippen molar-refractivity contribution >= 4 is 58.5 Å². The summed E-state index contributed by atoms with van der Waals surface area (Å²) in [5, 5.41) is 6.13. The van der Waals surface area contributed by atoms with Crippen molar-refractivity contribution in [3.8, 4) is 17.2 Å². The van der Waals surface area contributed by atoms with Gasteiger partial charge in [0.1, 0.15) is 57.5 Å². The van der Waals surface area contributed by atoms with E-state index in [-0.39, 0.29) is 22.2 Å². The van der Waals surface area contributed by atoms with Gasteiger partial charge in [-0.2, -0.15) is 22.0 Å². The first kappa shape index (κ1) is 50.8. The Hall–Kier alpha value is -6.86. The van der Waals surface area contributed by atoms with E-state index >= 15 is 0 Å². The Morgan fingerprint density at radius 2 is 1.06 bits per heavy atom. The standard InChI is InChI=1S/C21H11ClF6N2O3.C17H9ClF8N2O4/c22-12-8-10(21(26,27)28)4-7-17(12)33-11-5-6-16(15(25)9-11)29-20(32)30-19(31)18-13(23)2-1-3-14(18)24;18-8-6-7(4-5-11(8)31-16(22,23)14(21)32-17(24,25)26)27-15(30)28-13(29)12-9(19)2-1-3-10(12)20/h1-9H,(H2,29,30,31,32);1-6,14H,(H2,27,28,29,30). The minimum Gasteiger partial charge on any atom is -0.456 e. The number of urea groups is 2. The molecule has 1 unspecified atom stereocenters. The zero-order chi connectivity index (χ0) is 48.6. The summed E-state index contributed by atoms with van der Waals surface area (Å²) < 4.78 is 194. The van der Waals surface area contributed by atoms with Crippen LogP contribution in [0, 0.1) is 29.1 Å². The summed E-state index contributed by atoms with van der Waals surface area (Å²) in [6, 6.07) is 10.1. The largest absolute Gasteiger partial charge is 0.525 e. The number of carbonyl (C=O) groups is 4. The predicted octanol–water partition coefficient (Wildman–Crippen LogP) is 11.9. The topological polar surface area (TPSA) is 144 Å². The van der Waals surface area contributed by atoms with Gasteiger partial charge in [0, 0.05) is 11.8 Å². The van der Waals surface area contributed by atoms with Crippen molar-refractivity contribution in [1.29, 1.82) is 0 Å². The van der Waals surface area contributed by atoms with Gasteiger partial charge in [-0.15, -0.1) is 13.2 Å². The Labute approximate surface area is 363 Å². The van der Waals surface area contributed by atoms with Crippen molar-refractivity contribution in [1.82, 2.24) is 10.6 Å². The molecule has 0 fully saturated rings. The molecular formula is C38H20Cl2F14N4O7. The second-order valence-corrected chi connectivity index (χ2v) is 12.9. The molecular weight excluding hydrogens is 961 g/mol. The van der Waals surface area contributed by atoms with E-state index in [1.54, 1.807) is 10.6 Å². The van der Waals surface area contributed by atoms with Crippen LogP contribution in [0.3, 0.4) is 0 Å². The van der Waals surface area contributed by atoms with Crippen LogP contribution >= 0.6 is 23.2 Å². The van der Waals surface area contributed by atoms with E-state index in [1.807, 2.05) is 10.6 Å². The highest BCUT2D eigenvalue weighted by Gasteiger charge is 2.51. The lowest BCUT2D eigenvalue weighted by Crippen LogP contribution is -2.41. The fourth-order valence-electron chi connectivity index (χ4n) is 4.66. The SMILES string of the molecule is O=C(NC(=O)c1c(F)cccc1F)Nc1ccc(OC(F)(F)C(F)OC(F)(F)F)c(Cl)c1.O=C(NC(=O)c1c(F)cccc1F)Nc1ccc(Oc2ccc(C(F)(F)F)cc2Cl)cc1F. The summed E-state index contributed by atoms with van der Waals surface area (Å²) in [7, 11) is 0. The minimum atomic E-state index is -5.71. The first-order valence-corrected chi connectivity index (χ1v) is 17.6. The Morgan fingerprint density at radius 1 is 0.569 bits per heavy atom. The molecule has 5 rings (SSSR count). The average molecular weight is 981 g/mol. The summed E-state index contributed by atoms with van der Waals surface area (Å²) in [5.41, 5.74) is -3.74. The normalized spacial score (nSPS) is 11.9. The monoisotopic (exact) mass is 980 g/mol. The number of nitrogens with one attached hydrogen (secondary N) is 4. The van der Waals surface area contributed by atoms with Gasteiger partial charge in [0.05, 0.1) is 21.3 Å². The van der Waals surface area contributed by atoms with E-state index < -0.39 is 111 Å². The maximum atomic E-state index is 14.3. The maximum Gasteiger partial charge on any atom is 0.525 e. The van der Waals surface area contributed by atoms with Crippen molar-refractivity contribution in [2.24, 2.45) is 0 Å². The number of halogens is 16. The van der Waals surface area contributed by atoms with Crippen LogP contribution in [0.15, 0.2) is 91.0 Å². The number of amides is 6. The number of rotatable bonds is 10. The molecule has 4 N–H and O–H groups in total. The molecule has 0 saturated heterocycles. The Kier molecular flexibility index (Phi) is 16.2. The number of alkyl halides is 9. The van der Waals surface area contributed by atoms with Gasteiger partial charge in [0.15, 0.2) is 0 Å². The van der Waals surface area contributed by atoms with Crippen molar-refractivity contribution in [2.75, 3.05) is 10.6 Å². The van der Waals surface area contributed by atoms with E-state index in [0.717, 1.165) is 78.9 Å². The van der Waals surface area contributed by atoms with Crippen molar-refractivity contribution in [3.05, 3.63) is 147 Å². The van der Waals surface area contributed by atoms with Crippen LogP contribution in [0.25, 0.3) is 0 Å². The predicted molar refractivity (Wildman–Crippen MR) is 198 cm³/mol. The number of anilines is 2. The average Bonchev–Trinajstić information content (AvgIpc) is 3.16. The molecule has 346 valence electrons. The maximum absolute atomic E-state index is 14.3. The molecule has 5 aromatic carbocycles. The molecule has 0 bridgehead atoms. The Bertz CT molecular complexity index is 2560. The van der Waals surface area contributed by atoms with Crippen LogP contribution in [-0.2, 0) is 10.9 Å². The van der Waals surface area contributed by atoms with Crippen molar-refractivity contribution in [3.63, 3.8) is 0 Å². The molecule has 1 atom stereocenters. The van der Waals surface area contributed by atoms with Gasteiger partial charge in [0.25, 0.3) is 11.8 Å². The second kappa shape index (κ2) is 20.8. The van der Waals surface area contributed by atoms with Gasteiger partial charge in [-0.3, -0.25) is 20.2 Å². The van der Waals surface area contributed by atoms with Crippen LogP contribution in [0.1, 0.15) is 26.3 Å². The second-order valence-electron chi connectivity index (χ2n) is 12.1. The molecule has 0 aromatic heterocycles. The van der Waals surface area contributed by atoms with Gasteiger partial charge in [0.2, 0.25) is 0 Å². The lowest BCUT2D eigenvalue weighted by molar-refractivity contribution is -0.411. The highest BCUT2D eigenvalue weighted by molar-refractivity contribution is 6.32. The molecule has 0 aliphatic heterocycles. The fourth-order valence-corrected chi connectivity index (χ4v) is 5.10. The lowest BCUT2D eigenvalue weighted by Gasteiger charge is -2.22. The first-order valence-electron chi connectivity index (χ1n) is 16.9. The highest BCUT2D eigenvalue weighted by Crippen LogP contribution is 2.38. The highest BCUT2D eigenvalue weighted by atomic mass is 35.5. The summed E-state index contributed by atoms with van der Waals surface area (Å²) in [5.74, 6) is -10.1. The molecule has 0 aliphatic carbocycles. The molecule has 65 heavy (non-hydrogen) atoms. The molecule has 0 heterocycles. The zero-order valence-corrected chi connectivity index (χ0v) is 32.7. The summed E-state index contributed by atoms with van der Waals surface area (Å²) in [6.07, 6.45) is -19.6. The van der Waals surface area contributed by atoms with Gasteiger partial charge in [-0.25, -0.2) is 40.7 Å². The number of carbonyl (C=O) groups excluding carboxylic acids is 4. The smallest absolute Gasteiger partial charge is 0.456 e. The third-order valence-electron chi connectivity index (χ3n) is 7.45. The molecule has 0 radical (unpaired) electrons. The summed E-state index contributed by atoms with van der Waals surface area (Å²) in [4.78, 5) is 47.4. The third-order valence-corrected chi connectivity index (χ3v) is 8.04. The van der Waals surface area contributed by atoms with Crippen LogP contribution in [-0.4, -0.2) is 42.7 Å².